The Morgan fingerprint density at radius 3 is 2.53 bits per heavy atom. The highest BCUT2D eigenvalue weighted by Gasteiger charge is 2.18. The molecule has 0 fully saturated rings. The molecule has 0 bridgehead atoms. The van der Waals surface area contributed by atoms with Crippen LogP contribution in [0.2, 0.25) is 0 Å². The number of hydrogen-bond donors (Lipinski definition) is 3. The van der Waals surface area contributed by atoms with Crippen molar-refractivity contribution >= 4 is 11.5 Å². The molecular weight excluding hydrogens is 221 g/mol. The predicted molar refractivity (Wildman–Crippen MR) is 67.0 cm³/mol. The van der Waals surface area contributed by atoms with Gasteiger partial charge in [-0.15, -0.1) is 0 Å². The lowest BCUT2D eigenvalue weighted by Gasteiger charge is -2.27. The number of nitrogens with two attached hydrogens (primary N) is 1. The standard InChI is InChI=1S/C12H18FN3O/c1-12(2,17)7-16(3)10-5-4-8(11(14)15)6-9(10)13/h4-6,17H,7H2,1-3H3,(H3,14,15). The van der Waals surface area contributed by atoms with Crippen LogP contribution in [0.4, 0.5) is 10.1 Å². The van der Waals surface area contributed by atoms with Gasteiger partial charge in [0.05, 0.1) is 11.3 Å². The lowest BCUT2D eigenvalue weighted by Crippen LogP contribution is -2.36. The van der Waals surface area contributed by atoms with Gasteiger partial charge in [-0.3, -0.25) is 5.41 Å². The van der Waals surface area contributed by atoms with Gasteiger partial charge in [0.2, 0.25) is 0 Å². The highest BCUT2D eigenvalue weighted by molar-refractivity contribution is 5.95. The Labute approximate surface area is 100 Å². The van der Waals surface area contributed by atoms with E-state index in [4.69, 9.17) is 11.1 Å². The number of nitrogen functional groups attached to an aromatic ring is 1. The van der Waals surface area contributed by atoms with Gasteiger partial charge in [-0.2, -0.15) is 0 Å². The number of likely N-dealkylation sites (N-methyl/N-ethyl adjacent to an activating group) is 1. The molecule has 0 spiro atoms. The number of nitrogens with zero attached hydrogens (tertiary/aromatic N) is 1. The third-order valence-electron chi connectivity index (χ3n) is 2.29. The molecule has 0 unspecified atom stereocenters. The van der Waals surface area contributed by atoms with Gasteiger partial charge in [-0.25, -0.2) is 4.39 Å². The molecule has 0 saturated heterocycles. The minimum Gasteiger partial charge on any atom is -0.389 e. The smallest absolute Gasteiger partial charge is 0.147 e. The lowest BCUT2D eigenvalue weighted by atomic mass is 10.1. The van der Waals surface area contributed by atoms with Gasteiger partial charge in [0, 0.05) is 19.2 Å². The van der Waals surface area contributed by atoms with E-state index in [-0.39, 0.29) is 5.84 Å². The number of nitrogens with one attached hydrogen (secondary N) is 1. The van der Waals surface area contributed by atoms with E-state index in [9.17, 15) is 9.50 Å². The van der Waals surface area contributed by atoms with Crippen LogP contribution in [-0.4, -0.2) is 30.1 Å². The summed E-state index contributed by atoms with van der Waals surface area (Å²) in [6.45, 7) is 3.63. The fraction of sp³-hybridized carbons (Fsp3) is 0.417. The van der Waals surface area contributed by atoms with Crippen molar-refractivity contribution in [3.63, 3.8) is 0 Å². The first-order valence-corrected chi connectivity index (χ1v) is 5.28. The molecule has 0 aliphatic heterocycles. The predicted octanol–water partition coefficient (Wildman–Crippen LogP) is 1.32. The van der Waals surface area contributed by atoms with Crippen molar-refractivity contribution in [1.82, 2.24) is 0 Å². The van der Waals surface area contributed by atoms with E-state index in [1.54, 1.807) is 37.9 Å². The van der Waals surface area contributed by atoms with Crippen molar-refractivity contribution in [2.45, 2.75) is 19.4 Å². The summed E-state index contributed by atoms with van der Waals surface area (Å²) in [6, 6.07) is 4.36. The zero-order valence-corrected chi connectivity index (χ0v) is 10.3. The molecule has 0 aliphatic rings. The van der Waals surface area contributed by atoms with E-state index in [0.29, 0.717) is 17.8 Å². The molecule has 0 saturated carbocycles. The van der Waals surface area contributed by atoms with Crippen molar-refractivity contribution in [2.24, 2.45) is 5.73 Å². The quantitative estimate of drug-likeness (QED) is 0.548. The van der Waals surface area contributed by atoms with E-state index in [1.807, 2.05) is 0 Å². The van der Waals surface area contributed by atoms with Gasteiger partial charge in [-0.05, 0) is 32.0 Å². The van der Waals surface area contributed by atoms with E-state index < -0.39 is 11.4 Å². The molecule has 5 heteroatoms. The van der Waals surface area contributed by atoms with E-state index >= 15 is 0 Å². The first kappa shape index (κ1) is 13.4. The molecule has 17 heavy (non-hydrogen) atoms. The summed E-state index contributed by atoms with van der Waals surface area (Å²) in [5.41, 5.74) is 5.09. The van der Waals surface area contributed by atoms with Crippen LogP contribution < -0.4 is 10.6 Å². The average Bonchev–Trinajstić information content (AvgIpc) is 2.14. The van der Waals surface area contributed by atoms with Crippen molar-refractivity contribution in [3.8, 4) is 0 Å². The second-order valence-corrected chi connectivity index (χ2v) is 4.75. The second-order valence-electron chi connectivity index (χ2n) is 4.75. The maximum absolute atomic E-state index is 13.8. The molecule has 1 aromatic rings. The van der Waals surface area contributed by atoms with Crippen LogP contribution in [0.25, 0.3) is 0 Å². The Kier molecular flexibility index (Phi) is 3.72. The SMILES string of the molecule is CN(CC(C)(C)O)c1ccc(C(=N)N)cc1F. The van der Waals surface area contributed by atoms with Crippen LogP contribution in [0.15, 0.2) is 18.2 Å². The highest BCUT2D eigenvalue weighted by atomic mass is 19.1. The van der Waals surface area contributed by atoms with Crippen LogP contribution in [0.5, 0.6) is 0 Å². The Morgan fingerprint density at radius 2 is 2.12 bits per heavy atom. The normalized spacial score (nSPS) is 11.4. The molecule has 4 nitrogen and oxygen atoms in total. The summed E-state index contributed by atoms with van der Waals surface area (Å²) in [6.07, 6.45) is 0. The zero-order chi connectivity index (χ0) is 13.2. The van der Waals surface area contributed by atoms with Gasteiger partial charge in [-0.1, -0.05) is 0 Å². The monoisotopic (exact) mass is 239 g/mol. The molecule has 0 amide bonds. The largest absolute Gasteiger partial charge is 0.389 e. The van der Waals surface area contributed by atoms with Crippen LogP contribution in [0.1, 0.15) is 19.4 Å². The van der Waals surface area contributed by atoms with Crippen molar-refractivity contribution in [3.05, 3.63) is 29.6 Å². The Balaban J connectivity index is 2.96. The van der Waals surface area contributed by atoms with Crippen LogP contribution in [0, 0.1) is 11.2 Å². The minimum absolute atomic E-state index is 0.166. The first-order chi connectivity index (χ1) is 7.70. The maximum atomic E-state index is 13.8. The fourth-order valence-corrected chi connectivity index (χ4v) is 1.65. The number of rotatable bonds is 4. The number of hydrogen-bond acceptors (Lipinski definition) is 3. The highest BCUT2D eigenvalue weighted by Crippen LogP contribution is 2.21. The van der Waals surface area contributed by atoms with E-state index in [0.717, 1.165) is 0 Å². The van der Waals surface area contributed by atoms with E-state index in [2.05, 4.69) is 0 Å². The second kappa shape index (κ2) is 4.71. The van der Waals surface area contributed by atoms with Crippen LogP contribution in [0.3, 0.4) is 0 Å². The van der Waals surface area contributed by atoms with Crippen LogP contribution in [-0.2, 0) is 0 Å². The summed E-state index contributed by atoms with van der Waals surface area (Å²) in [5.74, 6) is -0.620. The van der Waals surface area contributed by atoms with Crippen molar-refractivity contribution in [1.29, 1.82) is 5.41 Å². The van der Waals surface area contributed by atoms with Crippen LogP contribution >= 0.6 is 0 Å². The molecule has 0 radical (unpaired) electrons. The van der Waals surface area contributed by atoms with Crippen molar-refractivity contribution in [2.75, 3.05) is 18.5 Å². The number of aliphatic hydroxyl groups is 1. The number of halogens is 1. The van der Waals surface area contributed by atoms with Gasteiger partial charge in [0.15, 0.2) is 0 Å². The first-order valence-electron chi connectivity index (χ1n) is 5.28. The molecule has 0 aromatic heterocycles. The van der Waals surface area contributed by atoms with Gasteiger partial charge in [0.1, 0.15) is 11.7 Å². The molecule has 0 aliphatic carbocycles. The Hall–Kier alpha value is -1.62. The Morgan fingerprint density at radius 1 is 1.53 bits per heavy atom. The molecular formula is C12H18FN3O. The fourth-order valence-electron chi connectivity index (χ4n) is 1.65. The molecule has 94 valence electrons. The minimum atomic E-state index is -0.902. The zero-order valence-electron chi connectivity index (χ0n) is 10.3. The maximum Gasteiger partial charge on any atom is 0.147 e. The molecule has 1 aromatic carbocycles. The van der Waals surface area contributed by atoms with Crippen molar-refractivity contribution < 1.29 is 9.50 Å². The average molecular weight is 239 g/mol. The van der Waals surface area contributed by atoms with Gasteiger partial charge in [0.25, 0.3) is 0 Å². The summed E-state index contributed by atoms with van der Waals surface area (Å²) in [4.78, 5) is 1.62. The molecule has 0 atom stereocenters. The van der Waals surface area contributed by atoms with E-state index in [1.165, 1.54) is 6.07 Å². The summed E-state index contributed by atoms with van der Waals surface area (Å²) < 4.78 is 13.8. The third-order valence-corrected chi connectivity index (χ3v) is 2.29. The summed E-state index contributed by atoms with van der Waals surface area (Å²) in [5, 5.41) is 16.9. The topological polar surface area (TPSA) is 73.3 Å². The summed E-state index contributed by atoms with van der Waals surface area (Å²) >= 11 is 0. The number of anilines is 1. The molecule has 4 N–H and O–H groups in total. The lowest BCUT2D eigenvalue weighted by molar-refractivity contribution is 0.0885. The number of amidine groups is 1. The number of benzene rings is 1. The van der Waals surface area contributed by atoms with Gasteiger partial charge >= 0.3 is 0 Å². The third kappa shape index (κ3) is 3.71. The van der Waals surface area contributed by atoms with Gasteiger partial charge < -0.3 is 15.7 Å². The Bertz CT molecular complexity index is 426. The molecule has 0 heterocycles. The summed E-state index contributed by atoms with van der Waals surface area (Å²) in [7, 11) is 1.70. The molecule has 1 rings (SSSR count).